The van der Waals surface area contributed by atoms with Gasteiger partial charge in [-0.15, -0.1) is 0 Å². The molecule has 0 N–H and O–H groups in total. The highest BCUT2D eigenvalue weighted by atomic mass is 15.2. The lowest BCUT2D eigenvalue weighted by atomic mass is 10.0. The monoisotopic (exact) mass is 237 g/mol. The first kappa shape index (κ1) is 11.3. The molecule has 2 aromatic carbocycles. The Morgan fingerprint density at radius 2 is 1.56 bits per heavy atom. The molecule has 0 amide bonds. The molecule has 18 heavy (non-hydrogen) atoms. The Bertz CT molecular complexity index is 477. The van der Waals surface area contributed by atoms with Crippen LogP contribution in [0.3, 0.4) is 0 Å². The topological polar surface area (TPSA) is 3.24 Å². The molecule has 1 saturated heterocycles. The molecule has 2 aromatic rings. The quantitative estimate of drug-likeness (QED) is 0.782. The van der Waals surface area contributed by atoms with Crippen molar-refractivity contribution in [2.24, 2.45) is 0 Å². The summed E-state index contributed by atoms with van der Waals surface area (Å²) in [6.07, 6.45) is 3.78. The zero-order chi connectivity index (χ0) is 12.2. The van der Waals surface area contributed by atoms with Crippen LogP contribution in [0.2, 0.25) is 0 Å². The SMILES string of the molecule is c1ccc(C[C@H]2CCCN2c2ccccc2)cc1. The largest absolute Gasteiger partial charge is 0.368 e. The van der Waals surface area contributed by atoms with Gasteiger partial charge in [0.05, 0.1) is 0 Å². The summed E-state index contributed by atoms with van der Waals surface area (Å²) >= 11 is 0. The van der Waals surface area contributed by atoms with E-state index in [1.54, 1.807) is 0 Å². The molecule has 1 atom stereocenters. The van der Waals surface area contributed by atoms with Crippen molar-refractivity contribution in [3.63, 3.8) is 0 Å². The first-order chi connectivity index (χ1) is 8.93. The number of anilines is 1. The van der Waals surface area contributed by atoms with Gasteiger partial charge in [-0.05, 0) is 37.0 Å². The van der Waals surface area contributed by atoms with Crippen LogP contribution in [-0.2, 0) is 6.42 Å². The number of benzene rings is 2. The van der Waals surface area contributed by atoms with Crippen LogP contribution in [0.15, 0.2) is 60.7 Å². The highest BCUT2D eigenvalue weighted by Crippen LogP contribution is 2.27. The first-order valence-corrected chi connectivity index (χ1v) is 6.79. The van der Waals surface area contributed by atoms with Crippen LogP contribution >= 0.6 is 0 Å². The first-order valence-electron chi connectivity index (χ1n) is 6.79. The van der Waals surface area contributed by atoms with Crippen LogP contribution < -0.4 is 4.90 Å². The molecular weight excluding hydrogens is 218 g/mol. The summed E-state index contributed by atoms with van der Waals surface area (Å²) in [7, 11) is 0. The number of para-hydroxylation sites is 1. The van der Waals surface area contributed by atoms with Crippen molar-refractivity contribution >= 4 is 5.69 Å². The highest BCUT2D eigenvalue weighted by Gasteiger charge is 2.24. The summed E-state index contributed by atoms with van der Waals surface area (Å²) in [5.41, 5.74) is 2.82. The molecule has 1 fully saturated rings. The smallest absolute Gasteiger partial charge is 0.0368 e. The predicted molar refractivity (Wildman–Crippen MR) is 77.0 cm³/mol. The summed E-state index contributed by atoms with van der Waals surface area (Å²) in [5.74, 6) is 0. The van der Waals surface area contributed by atoms with E-state index in [-0.39, 0.29) is 0 Å². The van der Waals surface area contributed by atoms with E-state index in [1.807, 2.05) is 0 Å². The highest BCUT2D eigenvalue weighted by molar-refractivity contribution is 5.48. The van der Waals surface area contributed by atoms with Crippen molar-refractivity contribution in [1.82, 2.24) is 0 Å². The van der Waals surface area contributed by atoms with Gasteiger partial charge in [0.25, 0.3) is 0 Å². The Balaban J connectivity index is 1.76. The summed E-state index contributed by atoms with van der Waals surface area (Å²) in [5, 5.41) is 0. The lowest BCUT2D eigenvalue weighted by Crippen LogP contribution is -2.30. The molecule has 1 aliphatic heterocycles. The second kappa shape index (κ2) is 5.26. The van der Waals surface area contributed by atoms with Gasteiger partial charge in [-0.2, -0.15) is 0 Å². The zero-order valence-electron chi connectivity index (χ0n) is 10.6. The van der Waals surface area contributed by atoms with E-state index < -0.39 is 0 Å². The number of nitrogens with zero attached hydrogens (tertiary/aromatic N) is 1. The molecule has 0 radical (unpaired) electrons. The van der Waals surface area contributed by atoms with Gasteiger partial charge in [0.15, 0.2) is 0 Å². The Hall–Kier alpha value is -1.76. The summed E-state index contributed by atoms with van der Waals surface area (Å²) in [4.78, 5) is 2.56. The zero-order valence-corrected chi connectivity index (χ0v) is 10.6. The van der Waals surface area contributed by atoms with E-state index in [9.17, 15) is 0 Å². The van der Waals surface area contributed by atoms with Gasteiger partial charge < -0.3 is 4.90 Å². The van der Waals surface area contributed by atoms with E-state index in [1.165, 1.54) is 30.6 Å². The van der Waals surface area contributed by atoms with E-state index in [2.05, 4.69) is 65.6 Å². The molecule has 1 nitrogen and oxygen atoms in total. The fraction of sp³-hybridized carbons (Fsp3) is 0.294. The van der Waals surface area contributed by atoms with Crippen LogP contribution in [0.5, 0.6) is 0 Å². The molecule has 0 bridgehead atoms. The maximum absolute atomic E-state index is 2.56. The molecular formula is C17H19N. The Labute approximate surface area is 109 Å². The van der Waals surface area contributed by atoms with E-state index in [0.29, 0.717) is 6.04 Å². The van der Waals surface area contributed by atoms with Crippen LogP contribution in [-0.4, -0.2) is 12.6 Å². The minimum Gasteiger partial charge on any atom is -0.368 e. The van der Waals surface area contributed by atoms with Crippen molar-refractivity contribution < 1.29 is 0 Å². The molecule has 92 valence electrons. The summed E-state index contributed by atoms with van der Waals surface area (Å²) in [6, 6.07) is 22.3. The van der Waals surface area contributed by atoms with E-state index >= 15 is 0 Å². The minimum atomic E-state index is 0.662. The third kappa shape index (κ3) is 2.40. The molecule has 0 spiro atoms. The standard InChI is InChI=1S/C17H19N/c1-3-8-15(9-4-1)14-17-12-7-13-18(17)16-10-5-2-6-11-16/h1-6,8-11,17H,7,12-14H2/t17-/m1/s1. The molecule has 0 unspecified atom stereocenters. The maximum Gasteiger partial charge on any atom is 0.0368 e. The fourth-order valence-electron chi connectivity index (χ4n) is 2.89. The third-order valence-electron chi connectivity index (χ3n) is 3.78. The maximum atomic E-state index is 2.56. The normalized spacial score (nSPS) is 19.1. The second-order valence-corrected chi connectivity index (χ2v) is 5.01. The van der Waals surface area contributed by atoms with Gasteiger partial charge in [0.2, 0.25) is 0 Å². The number of hydrogen-bond donors (Lipinski definition) is 0. The fourth-order valence-corrected chi connectivity index (χ4v) is 2.89. The average Bonchev–Trinajstić information content (AvgIpc) is 2.89. The van der Waals surface area contributed by atoms with Crippen LogP contribution in [0.1, 0.15) is 18.4 Å². The lowest BCUT2D eigenvalue weighted by molar-refractivity contribution is 0.663. The Morgan fingerprint density at radius 1 is 0.889 bits per heavy atom. The molecule has 3 rings (SSSR count). The summed E-state index contributed by atoms with van der Waals surface area (Å²) < 4.78 is 0. The molecule has 1 heterocycles. The van der Waals surface area contributed by atoms with Gasteiger partial charge >= 0.3 is 0 Å². The van der Waals surface area contributed by atoms with Crippen LogP contribution in [0.4, 0.5) is 5.69 Å². The predicted octanol–water partition coefficient (Wildman–Crippen LogP) is 3.90. The van der Waals surface area contributed by atoms with Gasteiger partial charge in [-0.3, -0.25) is 0 Å². The van der Waals surface area contributed by atoms with Crippen molar-refractivity contribution in [1.29, 1.82) is 0 Å². The van der Waals surface area contributed by atoms with Crippen molar-refractivity contribution in [3.8, 4) is 0 Å². The Morgan fingerprint density at radius 3 is 2.28 bits per heavy atom. The van der Waals surface area contributed by atoms with Crippen molar-refractivity contribution in [3.05, 3.63) is 66.2 Å². The Kier molecular flexibility index (Phi) is 3.31. The van der Waals surface area contributed by atoms with Crippen LogP contribution in [0, 0.1) is 0 Å². The van der Waals surface area contributed by atoms with Gasteiger partial charge in [0.1, 0.15) is 0 Å². The van der Waals surface area contributed by atoms with Crippen molar-refractivity contribution in [2.75, 3.05) is 11.4 Å². The molecule has 0 aromatic heterocycles. The molecule has 0 aliphatic carbocycles. The molecule has 1 aliphatic rings. The van der Waals surface area contributed by atoms with Gasteiger partial charge in [0, 0.05) is 18.3 Å². The van der Waals surface area contributed by atoms with Gasteiger partial charge in [-0.1, -0.05) is 48.5 Å². The number of hydrogen-bond acceptors (Lipinski definition) is 1. The molecule has 0 saturated carbocycles. The number of rotatable bonds is 3. The molecule has 1 heteroatoms. The van der Waals surface area contributed by atoms with Crippen molar-refractivity contribution in [2.45, 2.75) is 25.3 Å². The van der Waals surface area contributed by atoms with E-state index in [0.717, 1.165) is 6.42 Å². The summed E-state index contributed by atoms with van der Waals surface area (Å²) in [6.45, 7) is 1.20. The minimum absolute atomic E-state index is 0.662. The second-order valence-electron chi connectivity index (χ2n) is 5.01. The average molecular weight is 237 g/mol. The third-order valence-corrected chi connectivity index (χ3v) is 3.78. The lowest BCUT2D eigenvalue weighted by Gasteiger charge is -2.27. The van der Waals surface area contributed by atoms with E-state index in [4.69, 9.17) is 0 Å². The van der Waals surface area contributed by atoms with Gasteiger partial charge in [-0.25, -0.2) is 0 Å². The van der Waals surface area contributed by atoms with Crippen LogP contribution in [0.25, 0.3) is 0 Å².